The molecular formula is C13H14ClNO3. The molecule has 1 saturated carbocycles. The summed E-state index contributed by atoms with van der Waals surface area (Å²) < 4.78 is 0. The van der Waals surface area contributed by atoms with Crippen molar-refractivity contribution in [2.45, 2.75) is 19.3 Å². The molecule has 2 atom stereocenters. The predicted octanol–water partition coefficient (Wildman–Crippen LogP) is 2.78. The van der Waals surface area contributed by atoms with Crippen molar-refractivity contribution < 1.29 is 14.7 Å². The Hall–Kier alpha value is -1.55. The van der Waals surface area contributed by atoms with Gasteiger partial charge >= 0.3 is 5.97 Å². The summed E-state index contributed by atoms with van der Waals surface area (Å²) in [6, 6.07) is 6.85. The standard InChI is InChI=1S/C13H14ClNO3/c14-10-3-5-11(6-4-10)15-12(16)8-1-2-9(7-8)13(17)18/h3-6,8-9H,1-2,7H2,(H,15,16)(H,17,18)/t8-,9+/m1/s1. The highest BCUT2D eigenvalue weighted by Crippen LogP contribution is 2.31. The van der Waals surface area contributed by atoms with Crippen molar-refractivity contribution in [3.05, 3.63) is 29.3 Å². The summed E-state index contributed by atoms with van der Waals surface area (Å²) in [5.41, 5.74) is 0.683. The molecule has 96 valence electrons. The zero-order valence-corrected chi connectivity index (χ0v) is 10.5. The van der Waals surface area contributed by atoms with Crippen LogP contribution in [0.5, 0.6) is 0 Å². The molecule has 1 amide bonds. The molecule has 5 heteroatoms. The van der Waals surface area contributed by atoms with Gasteiger partial charge in [0.1, 0.15) is 0 Å². The van der Waals surface area contributed by atoms with E-state index in [1.54, 1.807) is 24.3 Å². The van der Waals surface area contributed by atoms with Crippen molar-refractivity contribution in [3.63, 3.8) is 0 Å². The Morgan fingerprint density at radius 2 is 1.78 bits per heavy atom. The van der Waals surface area contributed by atoms with Gasteiger partial charge in [0.25, 0.3) is 0 Å². The second-order valence-corrected chi connectivity index (χ2v) is 4.98. The summed E-state index contributed by atoms with van der Waals surface area (Å²) in [4.78, 5) is 22.7. The Kier molecular flexibility index (Phi) is 3.87. The molecule has 1 fully saturated rings. The lowest BCUT2D eigenvalue weighted by atomic mass is 10.0. The van der Waals surface area contributed by atoms with Gasteiger partial charge in [0.15, 0.2) is 0 Å². The fourth-order valence-electron chi connectivity index (χ4n) is 2.22. The number of hydrogen-bond donors (Lipinski definition) is 2. The second kappa shape index (κ2) is 5.40. The molecule has 0 heterocycles. The van der Waals surface area contributed by atoms with Crippen LogP contribution in [0.15, 0.2) is 24.3 Å². The number of amides is 1. The van der Waals surface area contributed by atoms with Gasteiger partial charge in [0.05, 0.1) is 5.92 Å². The Bertz CT molecular complexity index is 458. The topological polar surface area (TPSA) is 66.4 Å². The first-order chi connectivity index (χ1) is 8.56. The first-order valence-electron chi connectivity index (χ1n) is 5.85. The number of anilines is 1. The highest BCUT2D eigenvalue weighted by Gasteiger charge is 2.33. The maximum atomic E-state index is 11.9. The molecule has 0 aliphatic heterocycles. The molecule has 0 aromatic heterocycles. The molecular weight excluding hydrogens is 254 g/mol. The minimum atomic E-state index is -0.809. The first kappa shape index (κ1) is 12.9. The molecule has 0 unspecified atom stereocenters. The molecule has 18 heavy (non-hydrogen) atoms. The number of aliphatic carboxylic acids is 1. The van der Waals surface area contributed by atoms with Crippen LogP contribution < -0.4 is 5.32 Å². The van der Waals surface area contributed by atoms with E-state index in [4.69, 9.17) is 16.7 Å². The number of carboxylic acid groups (broad SMARTS) is 1. The van der Waals surface area contributed by atoms with Crippen LogP contribution in [-0.4, -0.2) is 17.0 Å². The van der Waals surface area contributed by atoms with Crippen molar-refractivity contribution in [1.29, 1.82) is 0 Å². The van der Waals surface area contributed by atoms with Crippen LogP contribution in [0.25, 0.3) is 0 Å². The van der Waals surface area contributed by atoms with E-state index in [2.05, 4.69) is 5.32 Å². The number of rotatable bonds is 3. The minimum Gasteiger partial charge on any atom is -0.481 e. The van der Waals surface area contributed by atoms with E-state index in [-0.39, 0.29) is 17.7 Å². The number of benzene rings is 1. The quantitative estimate of drug-likeness (QED) is 0.885. The number of hydrogen-bond acceptors (Lipinski definition) is 2. The molecule has 2 N–H and O–H groups in total. The number of halogens is 1. The predicted molar refractivity (Wildman–Crippen MR) is 68.5 cm³/mol. The second-order valence-electron chi connectivity index (χ2n) is 4.54. The van der Waals surface area contributed by atoms with E-state index in [0.29, 0.717) is 30.0 Å². The van der Waals surface area contributed by atoms with Gasteiger partial charge in [0.2, 0.25) is 5.91 Å². The first-order valence-corrected chi connectivity index (χ1v) is 6.23. The molecule has 0 radical (unpaired) electrons. The van der Waals surface area contributed by atoms with Gasteiger partial charge in [-0.3, -0.25) is 9.59 Å². The summed E-state index contributed by atoms with van der Waals surface area (Å²) in [5, 5.41) is 12.3. The SMILES string of the molecule is O=C(O)[C@H]1CC[C@@H](C(=O)Nc2ccc(Cl)cc2)C1. The highest BCUT2D eigenvalue weighted by molar-refractivity contribution is 6.30. The van der Waals surface area contributed by atoms with Gasteiger partial charge in [-0.25, -0.2) is 0 Å². The third kappa shape index (κ3) is 3.01. The number of carbonyl (C=O) groups excluding carboxylic acids is 1. The van der Waals surface area contributed by atoms with Crippen molar-refractivity contribution in [2.75, 3.05) is 5.32 Å². The van der Waals surface area contributed by atoms with Crippen molar-refractivity contribution in [2.24, 2.45) is 11.8 Å². The normalized spacial score (nSPS) is 22.7. The van der Waals surface area contributed by atoms with E-state index in [1.807, 2.05) is 0 Å². The lowest BCUT2D eigenvalue weighted by molar-refractivity contribution is -0.141. The third-order valence-corrected chi connectivity index (χ3v) is 3.52. The molecule has 0 bridgehead atoms. The van der Waals surface area contributed by atoms with Gasteiger partial charge in [-0.1, -0.05) is 11.6 Å². The minimum absolute atomic E-state index is 0.110. The third-order valence-electron chi connectivity index (χ3n) is 3.26. The highest BCUT2D eigenvalue weighted by atomic mass is 35.5. The Balaban J connectivity index is 1.93. The largest absolute Gasteiger partial charge is 0.481 e. The monoisotopic (exact) mass is 267 g/mol. The van der Waals surface area contributed by atoms with E-state index in [0.717, 1.165) is 0 Å². The molecule has 1 aromatic rings. The van der Waals surface area contributed by atoms with E-state index < -0.39 is 5.97 Å². The average molecular weight is 268 g/mol. The average Bonchev–Trinajstić information content (AvgIpc) is 2.81. The maximum Gasteiger partial charge on any atom is 0.306 e. The van der Waals surface area contributed by atoms with Crippen LogP contribution in [-0.2, 0) is 9.59 Å². The maximum absolute atomic E-state index is 11.9. The molecule has 0 saturated heterocycles. The van der Waals surface area contributed by atoms with Crippen LogP contribution in [0.3, 0.4) is 0 Å². The van der Waals surface area contributed by atoms with E-state index >= 15 is 0 Å². The molecule has 1 aromatic carbocycles. The van der Waals surface area contributed by atoms with Gasteiger partial charge < -0.3 is 10.4 Å². The van der Waals surface area contributed by atoms with Crippen LogP contribution in [0.1, 0.15) is 19.3 Å². The van der Waals surface area contributed by atoms with Crippen molar-refractivity contribution in [1.82, 2.24) is 0 Å². The lowest BCUT2D eigenvalue weighted by Crippen LogP contribution is -2.21. The Morgan fingerprint density at radius 3 is 2.33 bits per heavy atom. The molecule has 0 spiro atoms. The summed E-state index contributed by atoms with van der Waals surface area (Å²) in [7, 11) is 0. The molecule has 1 aliphatic rings. The molecule has 2 rings (SSSR count). The van der Waals surface area contributed by atoms with Crippen LogP contribution in [0.4, 0.5) is 5.69 Å². The smallest absolute Gasteiger partial charge is 0.306 e. The Labute approximate surface area is 110 Å². The van der Waals surface area contributed by atoms with E-state index in [9.17, 15) is 9.59 Å². The Morgan fingerprint density at radius 1 is 1.17 bits per heavy atom. The van der Waals surface area contributed by atoms with Gasteiger partial charge in [-0.15, -0.1) is 0 Å². The number of carbonyl (C=O) groups is 2. The fraction of sp³-hybridized carbons (Fsp3) is 0.385. The van der Waals surface area contributed by atoms with Crippen molar-refractivity contribution >= 4 is 29.2 Å². The molecule has 1 aliphatic carbocycles. The summed E-state index contributed by atoms with van der Waals surface area (Å²) in [6.45, 7) is 0. The zero-order chi connectivity index (χ0) is 13.1. The van der Waals surface area contributed by atoms with Gasteiger partial charge in [0, 0.05) is 16.6 Å². The summed E-state index contributed by atoms with van der Waals surface area (Å²) in [5.74, 6) is -1.51. The summed E-state index contributed by atoms with van der Waals surface area (Å²) >= 11 is 5.75. The molecule has 4 nitrogen and oxygen atoms in total. The fourth-order valence-corrected chi connectivity index (χ4v) is 2.35. The van der Waals surface area contributed by atoms with Crippen LogP contribution in [0.2, 0.25) is 5.02 Å². The van der Waals surface area contributed by atoms with Crippen LogP contribution in [0, 0.1) is 11.8 Å². The van der Waals surface area contributed by atoms with Gasteiger partial charge in [-0.05, 0) is 43.5 Å². The number of nitrogens with one attached hydrogen (secondary N) is 1. The van der Waals surface area contributed by atoms with Crippen LogP contribution >= 0.6 is 11.6 Å². The zero-order valence-electron chi connectivity index (χ0n) is 9.73. The number of carboxylic acids is 1. The lowest BCUT2D eigenvalue weighted by Gasteiger charge is -2.10. The summed E-state index contributed by atoms with van der Waals surface area (Å²) in [6.07, 6.45) is 1.64. The van der Waals surface area contributed by atoms with Crippen molar-refractivity contribution in [3.8, 4) is 0 Å². The van der Waals surface area contributed by atoms with E-state index in [1.165, 1.54) is 0 Å². The van der Waals surface area contributed by atoms with Gasteiger partial charge in [-0.2, -0.15) is 0 Å².